The van der Waals surface area contributed by atoms with Crippen molar-refractivity contribution < 1.29 is 28.8 Å². The van der Waals surface area contributed by atoms with E-state index in [0.29, 0.717) is 5.52 Å². The predicted octanol–water partition coefficient (Wildman–Crippen LogP) is 3.76. The molecule has 224 valence electrons. The number of nitriles is 1. The van der Waals surface area contributed by atoms with Gasteiger partial charge in [-0.25, -0.2) is 4.98 Å². The lowest BCUT2D eigenvalue weighted by Gasteiger charge is -2.56. The average Bonchev–Trinajstić information content (AvgIpc) is 3.48. The lowest BCUT2D eigenvalue weighted by Crippen LogP contribution is -2.64. The predicted molar refractivity (Wildman–Crippen MR) is 152 cm³/mol. The van der Waals surface area contributed by atoms with Crippen LogP contribution in [0.3, 0.4) is 0 Å². The number of nitrogens with one attached hydrogen (secondary N) is 1. The summed E-state index contributed by atoms with van der Waals surface area (Å²) in [6.07, 6.45) is -1.43. The highest BCUT2D eigenvalue weighted by atomic mass is 16.7. The van der Waals surface area contributed by atoms with E-state index in [1.165, 1.54) is 6.33 Å². The quantitative estimate of drug-likeness (QED) is 0.396. The molecule has 0 aliphatic carbocycles. The van der Waals surface area contributed by atoms with Gasteiger partial charge >= 0.3 is 0 Å². The smallest absolute Gasteiger partial charge is 0.247 e. The molecule has 4 heterocycles. The van der Waals surface area contributed by atoms with Gasteiger partial charge in [-0.1, -0.05) is 71.9 Å². The normalized spacial score (nSPS) is 23.8. The van der Waals surface area contributed by atoms with Crippen molar-refractivity contribution in [3.8, 4) is 11.9 Å². The van der Waals surface area contributed by atoms with Crippen LogP contribution < -0.4 is 10.1 Å². The van der Waals surface area contributed by atoms with Crippen LogP contribution >= 0.6 is 0 Å². The highest BCUT2D eigenvalue weighted by Crippen LogP contribution is 2.53. The largest absolute Gasteiger partial charge is 0.475 e. The second-order valence-electron chi connectivity index (χ2n) is 12.7. The summed E-state index contributed by atoms with van der Waals surface area (Å²) in [6, 6.07) is 11.3. The third-order valence-corrected chi connectivity index (χ3v) is 7.61. The lowest BCUT2D eigenvalue weighted by atomic mass is 9.69. The number of hydrogen-bond donors (Lipinski definition) is 2. The zero-order valence-electron chi connectivity index (χ0n) is 24.8. The molecule has 12 nitrogen and oxygen atoms in total. The summed E-state index contributed by atoms with van der Waals surface area (Å²) in [7, 11) is 0. The molecule has 2 fully saturated rings. The highest BCUT2D eigenvalue weighted by molar-refractivity contribution is 5.91. The number of rotatable bonds is 7. The Hall–Kier alpha value is -3.63. The molecule has 2 N–H and O–H groups in total. The first kappa shape index (κ1) is 29.8. The fourth-order valence-corrected chi connectivity index (χ4v) is 5.94. The van der Waals surface area contributed by atoms with Crippen LogP contribution in [0, 0.1) is 22.2 Å². The van der Waals surface area contributed by atoms with Crippen molar-refractivity contribution in [1.82, 2.24) is 19.5 Å². The molecule has 1 aromatic carbocycles. The van der Waals surface area contributed by atoms with Crippen molar-refractivity contribution >= 4 is 23.0 Å². The van der Waals surface area contributed by atoms with E-state index < -0.39 is 41.2 Å². The monoisotopic (exact) mass is 578 g/mol. The second kappa shape index (κ2) is 11.2. The van der Waals surface area contributed by atoms with Gasteiger partial charge in [-0.15, -0.1) is 0 Å². The number of carbonyl (C=O) groups is 1. The van der Waals surface area contributed by atoms with E-state index in [-0.39, 0.29) is 49.4 Å². The van der Waals surface area contributed by atoms with Gasteiger partial charge < -0.3 is 24.1 Å². The SMILES string of the molecule is CC(C)(C)C1(C(C)(C)C)OC[C@H]2O[C@@H](n3cnc4c(OCCC#N)nc(NC(=O)Cc5ccccc5)nc43)[C@H](O)[C@@H]2O1. The molecule has 4 atom stereocenters. The number of anilines is 1. The first-order valence-electron chi connectivity index (χ1n) is 14.1. The van der Waals surface area contributed by atoms with Crippen LogP contribution in [0.5, 0.6) is 5.88 Å². The number of nitrogens with zero attached hydrogens (tertiary/aromatic N) is 5. The molecule has 2 aliphatic rings. The maximum absolute atomic E-state index is 12.8. The number of aliphatic hydroxyl groups excluding tert-OH is 1. The summed E-state index contributed by atoms with van der Waals surface area (Å²) in [5, 5.41) is 23.3. The minimum absolute atomic E-state index is 0.00103. The van der Waals surface area contributed by atoms with Gasteiger partial charge in [0.1, 0.15) is 24.9 Å². The van der Waals surface area contributed by atoms with Crippen molar-refractivity contribution in [1.29, 1.82) is 5.26 Å². The molecule has 0 radical (unpaired) electrons. The highest BCUT2D eigenvalue weighted by Gasteiger charge is 2.61. The van der Waals surface area contributed by atoms with Gasteiger partial charge in [0.15, 0.2) is 23.2 Å². The number of benzene rings is 1. The molecule has 2 aromatic heterocycles. The Morgan fingerprint density at radius 3 is 2.57 bits per heavy atom. The number of imidazole rings is 1. The van der Waals surface area contributed by atoms with Crippen LogP contribution in [0.15, 0.2) is 36.7 Å². The average molecular weight is 579 g/mol. The van der Waals surface area contributed by atoms with Crippen LogP contribution in [0.4, 0.5) is 5.95 Å². The summed E-state index contributed by atoms with van der Waals surface area (Å²) in [5.74, 6) is -1.18. The van der Waals surface area contributed by atoms with Crippen LogP contribution in [-0.2, 0) is 25.4 Å². The Balaban J connectivity index is 1.46. The first-order chi connectivity index (χ1) is 19.8. The lowest BCUT2D eigenvalue weighted by molar-refractivity contribution is -0.392. The zero-order chi connectivity index (χ0) is 30.3. The van der Waals surface area contributed by atoms with Crippen LogP contribution in [0.1, 0.15) is 59.8 Å². The fourth-order valence-electron chi connectivity index (χ4n) is 5.94. The number of aliphatic hydroxyl groups is 1. The summed E-state index contributed by atoms with van der Waals surface area (Å²) in [5.41, 5.74) is 0.626. The number of ether oxygens (including phenoxy) is 4. The van der Waals surface area contributed by atoms with E-state index in [2.05, 4.69) is 61.8 Å². The molecular formula is C30H38N6O6. The second-order valence-corrected chi connectivity index (χ2v) is 12.7. The Morgan fingerprint density at radius 2 is 1.90 bits per heavy atom. The van der Waals surface area contributed by atoms with E-state index in [4.69, 9.17) is 24.2 Å². The van der Waals surface area contributed by atoms with Gasteiger partial charge in [-0.3, -0.25) is 14.7 Å². The van der Waals surface area contributed by atoms with E-state index in [1.54, 1.807) is 4.57 Å². The van der Waals surface area contributed by atoms with Crippen molar-refractivity contribution in [3.05, 3.63) is 42.2 Å². The summed E-state index contributed by atoms with van der Waals surface area (Å²) < 4.78 is 26.6. The van der Waals surface area contributed by atoms with Gasteiger partial charge in [-0.2, -0.15) is 15.2 Å². The summed E-state index contributed by atoms with van der Waals surface area (Å²) in [6.45, 7) is 12.6. The Morgan fingerprint density at radius 1 is 1.19 bits per heavy atom. The third kappa shape index (κ3) is 5.45. The maximum atomic E-state index is 12.8. The number of hydrogen-bond acceptors (Lipinski definition) is 10. The first-order valence-corrected chi connectivity index (χ1v) is 14.1. The number of aromatic nitrogens is 4. The molecule has 12 heteroatoms. The molecule has 0 unspecified atom stereocenters. The number of fused-ring (bicyclic) bond motifs is 2. The van der Waals surface area contributed by atoms with E-state index >= 15 is 0 Å². The Bertz CT molecular complexity index is 1460. The molecule has 5 rings (SSSR count). The molecule has 0 spiro atoms. The summed E-state index contributed by atoms with van der Waals surface area (Å²) in [4.78, 5) is 26.2. The maximum Gasteiger partial charge on any atom is 0.247 e. The van der Waals surface area contributed by atoms with Gasteiger partial charge in [0, 0.05) is 10.8 Å². The van der Waals surface area contributed by atoms with Gasteiger partial charge in [-0.05, 0) is 5.56 Å². The minimum Gasteiger partial charge on any atom is -0.475 e. The number of carbonyl (C=O) groups excluding carboxylic acids is 1. The molecular weight excluding hydrogens is 540 g/mol. The van der Waals surface area contributed by atoms with Crippen LogP contribution in [0.2, 0.25) is 0 Å². The topological polar surface area (TPSA) is 154 Å². The van der Waals surface area contributed by atoms with E-state index in [0.717, 1.165) is 5.56 Å². The molecule has 1 amide bonds. The third-order valence-electron chi connectivity index (χ3n) is 7.61. The van der Waals surface area contributed by atoms with Crippen LogP contribution in [0.25, 0.3) is 11.2 Å². The van der Waals surface area contributed by atoms with Gasteiger partial charge in [0.2, 0.25) is 17.7 Å². The zero-order valence-corrected chi connectivity index (χ0v) is 24.8. The van der Waals surface area contributed by atoms with Crippen molar-refractivity contribution in [2.45, 2.75) is 84.7 Å². The van der Waals surface area contributed by atoms with E-state index in [1.807, 2.05) is 36.4 Å². The minimum atomic E-state index is -1.07. The van der Waals surface area contributed by atoms with Crippen molar-refractivity contribution in [2.75, 3.05) is 18.5 Å². The molecule has 42 heavy (non-hydrogen) atoms. The fraction of sp³-hybridized carbons (Fsp3) is 0.567. The van der Waals surface area contributed by atoms with Crippen LogP contribution in [-0.4, -0.2) is 67.8 Å². The Labute approximate surface area is 245 Å². The molecule has 2 saturated heterocycles. The standard InChI is InChI=1S/C30H38N6O6/c1-28(2,3)30(29(4,5)6)40-16-19-23(42-30)22(38)26(41-19)36-17-32-21-24(36)34-27(35-25(21)39-14-10-13-31)33-20(37)15-18-11-8-7-9-12-18/h7-9,11-12,17,19,22-23,26,38H,10,14-16H2,1-6H3,(H,33,34,35,37)/t19-,22-,23-,26-/m1/s1. The molecule has 3 aromatic rings. The van der Waals surface area contributed by atoms with Gasteiger partial charge in [0.05, 0.1) is 31.8 Å². The van der Waals surface area contributed by atoms with E-state index in [9.17, 15) is 9.90 Å². The number of amides is 1. The van der Waals surface area contributed by atoms with Crippen molar-refractivity contribution in [2.24, 2.45) is 10.8 Å². The summed E-state index contributed by atoms with van der Waals surface area (Å²) >= 11 is 0. The van der Waals surface area contributed by atoms with Crippen molar-refractivity contribution in [3.63, 3.8) is 0 Å². The van der Waals surface area contributed by atoms with Gasteiger partial charge in [0.25, 0.3) is 0 Å². The Kier molecular flexibility index (Phi) is 7.98. The molecule has 0 bridgehead atoms. The molecule has 2 aliphatic heterocycles. The molecule has 0 saturated carbocycles.